The summed E-state index contributed by atoms with van der Waals surface area (Å²) in [5, 5.41) is 3.14. The SMILES string of the molecule is CC1(CNS(=O)(=O)c2cc(C(F)(F)F)ccc2F)CCNCC1. The van der Waals surface area contributed by atoms with Gasteiger partial charge in [-0.05, 0) is 49.5 Å². The van der Waals surface area contributed by atoms with E-state index in [2.05, 4.69) is 10.0 Å². The normalized spacial score (nSPS) is 18.8. The minimum Gasteiger partial charge on any atom is -0.317 e. The first-order chi connectivity index (χ1) is 10.5. The van der Waals surface area contributed by atoms with Gasteiger partial charge in [-0.15, -0.1) is 0 Å². The van der Waals surface area contributed by atoms with Gasteiger partial charge in [0, 0.05) is 6.54 Å². The van der Waals surface area contributed by atoms with E-state index in [0.717, 1.165) is 25.9 Å². The van der Waals surface area contributed by atoms with Crippen LogP contribution in [0.2, 0.25) is 0 Å². The molecular weight excluding hydrogens is 336 g/mol. The number of rotatable bonds is 4. The van der Waals surface area contributed by atoms with E-state index < -0.39 is 32.5 Å². The molecule has 0 aliphatic carbocycles. The minimum atomic E-state index is -4.74. The molecular formula is C14H18F4N2O2S. The van der Waals surface area contributed by atoms with Crippen molar-refractivity contribution in [2.45, 2.75) is 30.8 Å². The third-order valence-corrected chi connectivity index (χ3v) is 5.46. The van der Waals surface area contributed by atoms with Crippen LogP contribution in [0.1, 0.15) is 25.3 Å². The molecule has 130 valence electrons. The quantitative estimate of drug-likeness (QED) is 0.817. The van der Waals surface area contributed by atoms with Crippen molar-refractivity contribution >= 4 is 10.0 Å². The van der Waals surface area contributed by atoms with Gasteiger partial charge in [0.15, 0.2) is 0 Å². The molecule has 0 spiro atoms. The number of hydrogen-bond donors (Lipinski definition) is 2. The molecule has 1 fully saturated rings. The van der Waals surface area contributed by atoms with Crippen molar-refractivity contribution in [3.8, 4) is 0 Å². The van der Waals surface area contributed by atoms with Crippen molar-refractivity contribution in [1.29, 1.82) is 0 Å². The van der Waals surface area contributed by atoms with Crippen molar-refractivity contribution < 1.29 is 26.0 Å². The maximum atomic E-state index is 13.7. The molecule has 9 heteroatoms. The van der Waals surface area contributed by atoms with Gasteiger partial charge in [0.1, 0.15) is 10.7 Å². The van der Waals surface area contributed by atoms with E-state index in [1.54, 1.807) is 0 Å². The van der Waals surface area contributed by atoms with Crippen LogP contribution in [-0.2, 0) is 16.2 Å². The van der Waals surface area contributed by atoms with Gasteiger partial charge in [-0.2, -0.15) is 13.2 Å². The minimum absolute atomic E-state index is 0.0483. The third-order valence-electron chi connectivity index (χ3n) is 4.05. The Morgan fingerprint density at radius 1 is 1.26 bits per heavy atom. The molecule has 0 saturated carbocycles. The highest BCUT2D eigenvalue weighted by molar-refractivity contribution is 7.89. The van der Waals surface area contributed by atoms with Gasteiger partial charge in [-0.3, -0.25) is 0 Å². The van der Waals surface area contributed by atoms with Crippen LogP contribution in [-0.4, -0.2) is 28.1 Å². The molecule has 1 heterocycles. The highest BCUT2D eigenvalue weighted by Crippen LogP contribution is 2.32. The lowest BCUT2D eigenvalue weighted by molar-refractivity contribution is -0.137. The third kappa shape index (κ3) is 4.42. The van der Waals surface area contributed by atoms with Crippen molar-refractivity contribution in [2.75, 3.05) is 19.6 Å². The Morgan fingerprint density at radius 3 is 2.43 bits per heavy atom. The second-order valence-electron chi connectivity index (χ2n) is 6.03. The predicted molar refractivity (Wildman–Crippen MR) is 76.8 cm³/mol. The van der Waals surface area contributed by atoms with E-state index in [-0.39, 0.29) is 12.0 Å². The summed E-state index contributed by atoms with van der Waals surface area (Å²) in [6.45, 7) is 3.40. The Labute approximate surface area is 132 Å². The monoisotopic (exact) mass is 354 g/mol. The zero-order valence-electron chi connectivity index (χ0n) is 12.5. The summed E-state index contributed by atoms with van der Waals surface area (Å²) in [6.07, 6.45) is -3.29. The topological polar surface area (TPSA) is 58.2 Å². The molecule has 0 aromatic heterocycles. The number of nitrogens with one attached hydrogen (secondary N) is 2. The molecule has 0 amide bonds. The first kappa shape index (κ1) is 18.2. The van der Waals surface area contributed by atoms with Crippen molar-refractivity contribution in [3.63, 3.8) is 0 Å². The largest absolute Gasteiger partial charge is 0.416 e. The second kappa shape index (κ2) is 6.37. The summed E-state index contributed by atoms with van der Waals surface area (Å²) in [4.78, 5) is -0.982. The number of alkyl halides is 3. The Morgan fingerprint density at radius 2 is 1.87 bits per heavy atom. The molecule has 2 rings (SSSR count). The first-order valence-corrected chi connectivity index (χ1v) is 8.59. The molecule has 0 radical (unpaired) electrons. The van der Waals surface area contributed by atoms with Crippen LogP contribution in [0, 0.1) is 11.2 Å². The number of benzene rings is 1. The van der Waals surface area contributed by atoms with E-state index >= 15 is 0 Å². The average Bonchev–Trinajstić information content (AvgIpc) is 2.45. The maximum Gasteiger partial charge on any atom is 0.416 e. The highest BCUT2D eigenvalue weighted by Gasteiger charge is 2.34. The smallest absolute Gasteiger partial charge is 0.317 e. The average molecular weight is 354 g/mol. The van der Waals surface area contributed by atoms with E-state index in [0.29, 0.717) is 18.2 Å². The van der Waals surface area contributed by atoms with Gasteiger partial charge in [0.05, 0.1) is 5.56 Å². The molecule has 1 aromatic rings. The van der Waals surface area contributed by atoms with Crippen molar-refractivity contribution in [1.82, 2.24) is 10.0 Å². The van der Waals surface area contributed by atoms with Crippen LogP contribution in [0.15, 0.2) is 23.1 Å². The maximum absolute atomic E-state index is 13.7. The van der Waals surface area contributed by atoms with Gasteiger partial charge in [0.25, 0.3) is 0 Å². The van der Waals surface area contributed by atoms with Crippen LogP contribution in [0.25, 0.3) is 0 Å². The van der Waals surface area contributed by atoms with Gasteiger partial charge < -0.3 is 5.32 Å². The Hall–Kier alpha value is -1.19. The highest BCUT2D eigenvalue weighted by atomic mass is 32.2. The molecule has 0 atom stereocenters. The number of hydrogen-bond acceptors (Lipinski definition) is 3. The summed E-state index contributed by atoms with van der Waals surface area (Å²) >= 11 is 0. The molecule has 1 aliphatic rings. The molecule has 0 unspecified atom stereocenters. The van der Waals surface area contributed by atoms with Gasteiger partial charge in [-0.25, -0.2) is 17.5 Å². The molecule has 1 aliphatic heterocycles. The van der Waals surface area contributed by atoms with Crippen molar-refractivity contribution in [3.05, 3.63) is 29.6 Å². The molecule has 2 N–H and O–H groups in total. The summed E-state index contributed by atoms with van der Waals surface area (Å²) in [6, 6.07) is 1.36. The zero-order valence-corrected chi connectivity index (χ0v) is 13.3. The van der Waals surface area contributed by atoms with Gasteiger partial charge >= 0.3 is 6.18 Å². The zero-order chi connectivity index (χ0) is 17.3. The molecule has 4 nitrogen and oxygen atoms in total. The fourth-order valence-corrected chi connectivity index (χ4v) is 3.74. The summed E-state index contributed by atoms with van der Waals surface area (Å²) in [5.41, 5.74) is -1.51. The van der Waals surface area contributed by atoms with E-state index in [1.807, 2.05) is 6.92 Å². The molecule has 1 saturated heterocycles. The van der Waals surface area contributed by atoms with E-state index in [4.69, 9.17) is 0 Å². The lowest BCUT2D eigenvalue weighted by atomic mass is 9.81. The molecule has 1 aromatic carbocycles. The van der Waals surface area contributed by atoms with Crippen LogP contribution < -0.4 is 10.0 Å². The van der Waals surface area contributed by atoms with Gasteiger partial charge in [-0.1, -0.05) is 6.92 Å². The van der Waals surface area contributed by atoms with E-state index in [1.165, 1.54) is 0 Å². The fourth-order valence-electron chi connectivity index (χ4n) is 2.44. The summed E-state index contributed by atoms with van der Waals surface area (Å²) in [5.74, 6) is -1.21. The standard InChI is InChI=1S/C14H18F4N2O2S/c1-13(4-6-19-7-5-13)9-20-23(21,22)12-8-10(14(16,17)18)2-3-11(12)15/h2-3,8,19-20H,4-7,9H2,1H3. The molecule has 0 bridgehead atoms. The van der Waals surface area contributed by atoms with Crippen LogP contribution >= 0.6 is 0 Å². The second-order valence-corrected chi connectivity index (χ2v) is 7.76. The lowest BCUT2D eigenvalue weighted by Crippen LogP contribution is -2.43. The summed E-state index contributed by atoms with van der Waals surface area (Å²) < 4.78 is 78.4. The van der Waals surface area contributed by atoms with Crippen LogP contribution in [0.5, 0.6) is 0 Å². The van der Waals surface area contributed by atoms with Crippen LogP contribution in [0.4, 0.5) is 17.6 Å². The predicted octanol–water partition coefficient (Wildman–Crippen LogP) is 2.51. The first-order valence-electron chi connectivity index (χ1n) is 7.11. The molecule has 23 heavy (non-hydrogen) atoms. The number of halogens is 4. The van der Waals surface area contributed by atoms with Crippen molar-refractivity contribution in [2.24, 2.45) is 5.41 Å². The Balaban J connectivity index is 2.22. The Bertz CT molecular complexity index is 668. The fraction of sp³-hybridized carbons (Fsp3) is 0.571. The summed E-state index contributed by atoms with van der Waals surface area (Å²) in [7, 11) is -4.36. The lowest BCUT2D eigenvalue weighted by Gasteiger charge is -2.34. The Kier molecular flexibility index (Phi) is 5.03. The van der Waals surface area contributed by atoms with Crippen LogP contribution in [0.3, 0.4) is 0 Å². The number of sulfonamides is 1. The van der Waals surface area contributed by atoms with E-state index in [9.17, 15) is 26.0 Å². The number of piperidine rings is 1. The van der Waals surface area contributed by atoms with Gasteiger partial charge in [0.2, 0.25) is 10.0 Å².